The molecule has 0 spiro atoms. The lowest BCUT2D eigenvalue weighted by Crippen LogP contribution is -2.68. The Hall–Kier alpha value is -1.58. The first-order valence-corrected chi connectivity index (χ1v) is 14.8. The predicted molar refractivity (Wildman–Crippen MR) is 148 cm³/mol. The highest BCUT2D eigenvalue weighted by Gasteiger charge is 2.71. The molecule has 0 aromatic carbocycles. The number of aliphatic hydroxyl groups is 4. The first kappa shape index (κ1) is 29.9. The Bertz CT molecular complexity index is 1130. The summed E-state index contributed by atoms with van der Waals surface area (Å²) >= 11 is 0. The van der Waals surface area contributed by atoms with Crippen LogP contribution in [0.3, 0.4) is 0 Å². The van der Waals surface area contributed by atoms with Crippen molar-refractivity contribution in [2.24, 2.45) is 45.3 Å². The molecule has 0 bridgehead atoms. The number of ether oxygens (including phenoxy) is 2. The van der Waals surface area contributed by atoms with E-state index in [2.05, 4.69) is 26.8 Å². The number of ketones is 1. The lowest BCUT2D eigenvalue weighted by molar-refractivity contribution is -0.212. The van der Waals surface area contributed by atoms with Gasteiger partial charge in [0.1, 0.15) is 12.2 Å². The van der Waals surface area contributed by atoms with Gasteiger partial charge in [-0.05, 0) is 68.3 Å². The van der Waals surface area contributed by atoms with Crippen molar-refractivity contribution in [1.29, 1.82) is 0 Å². The molecule has 8 heteroatoms. The van der Waals surface area contributed by atoms with Crippen LogP contribution < -0.4 is 0 Å². The Balaban J connectivity index is 1.55. The van der Waals surface area contributed by atoms with Crippen molar-refractivity contribution in [3.05, 3.63) is 23.8 Å². The zero-order valence-corrected chi connectivity index (χ0v) is 25.2. The van der Waals surface area contributed by atoms with E-state index in [-0.39, 0.29) is 35.4 Å². The molecule has 1 saturated heterocycles. The third-order valence-corrected chi connectivity index (χ3v) is 12.0. The number of carbonyl (C=O) groups excluding carboxylic acids is 2. The smallest absolute Gasteiger partial charge is 0.302 e. The second-order valence-electron chi connectivity index (χ2n) is 15.1. The Morgan fingerprint density at radius 1 is 1.15 bits per heavy atom. The van der Waals surface area contributed by atoms with E-state index in [1.807, 2.05) is 19.9 Å². The van der Waals surface area contributed by atoms with Gasteiger partial charge in [0, 0.05) is 29.6 Å². The highest BCUT2D eigenvalue weighted by molar-refractivity contribution is 5.95. The predicted octanol–water partition coefficient (Wildman–Crippen LogP) is 3.30. The molecule has 0 amide bonds. The number of allylic oxidation sites excluding steroid dienone is 3. The summed E-state index contributed by atoms with van der Waals surface area (Å²) in [6.07, 6.45) is 3.66. The molecule has 1 aliphatic heterocycles. The molecule has 0 unspecified atom stereocenters. The highest BCUT2D eigenvalue weighted by Crippen LogP contribution is 2.72. The average Bonchev–Trinajstić information content (AvgIpc) is 3.36. The van der Waals surface area contributed by atoms with Gasteiger partial charge in [-0.3, -0.25) is 9.59 Å². The minimum Gasteiger partial charge on any atom is -0.462 e. The molecule has 40 heavy (non-hydrogen) atoms. The van der Waals surface area contributed by atoms with Crippen molar-refractivity contribution in [2.45, 2.75) is 117 Å². The summed E-state index contributed by atoms with van der Waals surface area (Å²) in [5, 5.41) is 44.2. The van der Waals surface area contributed by atoms with Gasteiger partial charge in [-0.1, -0.05) is 52.3 Å². The molecule has 12 atom stereocenters. The number of hydrogen-bond acceptors (Lipinski definition) is 8. The summed E-state index contributed by atoms with van der Waals surface area (Å²) in [6.45, 7) is 14.8. The van der Waals surface area contributed by atoms with Gasteiger partial charge < -0.3 is 29.9 Å². The molecule has 4 N–H and O–H groups in total. The van der Waals surface area contributed by atoms with Crippen LogP contribution in [0.1, 0.15) is 81.1 Å². The molecular formula is C32H48O8. The average molecular weight is 561 g/mol. The van der Waals surface area contributed by atoms with Gasteiger partial charge in [0.2, 0.25) is 0 Å². The third-order valence-electron chi connectivity index (χ3n) is 12.0. The van der Waals surface area contributed by atoms with Crippen LogP contribution in [-0.4, -0.2) is 68.5 Å². The van der Waals surface area contributed by atoms with Crippen molar-refractivity contribution in [3.63, 3.8) is 0 Å². The summed E-state index contributed by atoms with van der Waals surface area (Å²) in [5.74, 6) is -1.13. The topological polar surface area (TPSA) is 134 Å². The van der Waals surface area contributed by atoms with E-state index >= 15 is 0 Å². The fourth-order valence-corrected chi connectivity index (χ4v) is 10.2. The van der Waals surface area contributed by atoms with E-state index in [0.717, 1.165) is 5.57 Å². The monoisotopic (exact) mass is 560 g/mol. The summed E-state index contributed by atoms with van der Waals surface area (Å²) in [4.78, 5) is 25.5. The Morgan fingerprint density at radius 3 is 2.40 bits per heavy atom. The second kappa shape index (κ2) is 9.21. The summed E-state index contributed by atoms with van der Waals surface area (Å²) in [7, 11) is 0. The van der Waals surface area contributed by atoms with E-state index in [9.17, 15) is 30.0 Å². The van der Waals surface area contributed by atoms with Crippen LogP contribution in [0.2, 0.25) is 0 Å². The normalized spacial score (nSPS) is 48.6. The Labute approximate surface area is 237 Å². The van der Waals surface area contributed by atoms with E-state index in [0.29, 0.717) is 25.7 Å². The molecule has 5 aliphatic rings. The van der Waals surface area contributed by atoms with E-state index in [1.165, 1.54) is 20.8 Å². The maximum Gasteiger partial charge on any atom is 0.302 e. The lowest BCUT2D eigenvalue weighted by Gasteiger charge is -2.67. The van der Waals surface area contributed by atoms with Crippen LogP contribution >= 0.6 is 0 Å². The Kier molecular flexibility index (Phi) is 6.88. The number of hydrogen-bond donors (Lipinski definition) is 4. The molecule has 0 aromatic rings. The van der Waals surface area contributed by atoms with Crippen molar-refractivity contribution in [2.75, 3.05) is 0 Å². The van der Waals surface area contributed by atoms with Crippen LogP contribution in [-0.2, 0) is 19.1 Å². The molecule has 8 nitrogen and oxygen atoms in total. The van der Waals surface area contributed by atoms with Gasteiger partial charge in [-0.25, -0.2) is 0 Å². The van der Waals surface area contributed by atoms with Gasteiger partial charge in [-0.2, -0.15) is 0 Å². The fourth-order valence-electron chi connectivity index (χ4n) is 10.2. The first-order chi connectivity index (χ1) is 18.3. The zero-order valence-electron chi connectivity index (χ0n) is 25.2. The largest absolute Gasteiger partial charge is 0.462 e. The third kappa shape index (κ3) is 4.03. The number of aliphatic hydroxyl groups excluding tert-OH is 3. The zero-order chi connectivity index (χ0) is 29.8. The van der Waals surface area contributed by atoms with Crippen LogP contribution in [0.5, 0.6) is 0 Å². The van der Waals surface area contributed by atoms with E-state index in [4.69, 9.17) is 9.47 Å². The van der Waals surface area contributed by atoms with Gasteiger partial charge in [0.15, 0.2) is 12.1 Å². The van der Waals surface area contributed by atoms with Crippen molar-refractivity contribution < 1.29 is 39.5 Å². The van der Waals surface area contributed by atoms with Crippen LogP contribution in [0, 0.1) is 45.3 Å². The molecule has 0 aromatic heterocycles. The van der Waals surface area contributed by atoms with Crippen molar-refractivity contribution >= 4 is 11.8 Å². The second-order valence-corrected chi connectivity index (χ2v) is 15.1. The van der Waals surface area contributed by atoms with Gasteiger partial charge >= 0.3 is 5.97 Å². The summed E-state index contributed by atoms with van der Waals surface area (Å²) < 4.78 is 11.9. The minimum absolute atomic E-state index is 0.0495. The molecule has 0 radical (unpaired) electrons. The molecule has 5 rings (SSSR count). The molecular weight excluding hydrogens is 512 g/mol. The van der Waals surface area contributed by atoms with E-state index in [1.54, 1.807) is 6.08 Å². The molecule has 3 fully saturated rings. The fraction of sp³-hybridized carbons (Fsp3) is 0.812. The number of esters is 1. The quantitative estimate of drug-likeness (QED) is 0.304. The Morgan fingerprint density at radius 2 is 1.80 bits per heavy atom. The molecule has 1 heterocycles. The van der Waals surface area contributed by atoms with Crippen molar-refractivity contribution in [3.8, 4) is 0 Å². The lowest BCUT2D eigenvalue weighted by atomic mass is 9.37. The van der Waals surface area contributed by atoms with Crippen LogP contribution in [0.4, 0.5) is 0 Å². The SMILES string of the molecule is CC(=O)O[C@@H]1C[C@H]2C(C)(C)C(=O)C=C[C@]2(C)[C@H]2[C@H](O)C[C@]3(C)C(=CC[C@H]3[C@@H]3C[C@@H]([C@H](O)C(C)(C)O)O[C@H]3O)[C@@]21C. The molecule has 2 saturated carbocycles. The van der Waals surface area contributed by atoms with Gasteiger partial charge in [0.05, 0.1) is 17.8 Å². The van der Waals surface area contributed by atoms with Gasteiger partial charge in [0.25, 0.3) is 0 Å². The highest BCUT2D eigenvalue weighted by atomic mass is 16.6. The maximum absolute atomic E-state index is 13.0. The minimum atomic E-state index is -1.38. The van der Waals surface area contributed by atoms with Crippen molar-refractivity contribution in [1.82, 2.24) is 0 Å². The first-order valence-electron chi connectivity index (χ1n) is 14.8. The van der Waals surface area contributed by atoms with Crippen LogP contribution in [0.15, 0.2) is 23.8 Å². The van der Waals surface area contributed by atoms with E-state index < -0.39 is 58.0 Å². The number of fused-ring (bicyclic) bond motifs is 5. The number of rotatable bonds is 4. The summed E-state index contributed by atoms with van der Waals surface area (Å²) in [6, 6.07) is 0. The standard InChI is InChI=1S/C32H48O8/c1-16(33)39-24-14-22-28(2,3)23(35)11-12-30(22,6)25-19(34)15-31(7)18(9-10-21(31)32(24,25)8)17-13-20(40-27(17)37)26(36)29(4,5)38/h10-12,17-20,22,24-27,34,36-38H,9,13-15H2,1-8H3/t17-,18-,19+,20-,22-,24+,25+,26-,27+,30-,31-,32+/m0/s1. The summed E-state index contributed by atoms with van der Waals surface area (Å²) in [5.41, 5.74) is -2.63. The molecule has 224 valence electrons. The molecule has 4 aliphatic carbocycles. The van der Waals surface area contributed by atoms with Crippen LogP contribution in [0.25, 0.3) is 0 Å². The maximum atomic E-state index is 13.0. The van der Waals surface area contributed by atoms with Gasteiger partial charge in [-0.15, -0.1) is 0 Å². The number of carbonyl (C=O) groups is 2.